The van der Waals surface area contributed by atoms with E-state index in [-0.39, 0.29) is 5.96 Å². The van der Waals surface area contributed by atoms with E-state index >= 15 is 0 Å². The number of aromatic nitrogens is 2. The highest BCUT2D eigenvalue weighted by Gasteiger charge is 2.10. The zero-order valence-corrected chi connectivity index (χ0v) is 10.7. The number of nitrogens with two attached hydrogens (primary N) is 2. The first-order chi connectivity index (χ1) is 9.13. The second-order valence-electron chi connectivity index (χ2n) is 4.65. The average Bonchev–Trinajstić information content (AvgIpc) is 2.36. The van der Waals surface area contributed by atoms with Crippen LogP contribution in [0.25, 0.3) is 17.0 Å². The standard InChI is InChI=1S/C14H15N5/c1-8-11-6-9-4-2-3-5-10(9)7-12(11)18-14(17-8)19-13(15)16/h2,4,6-7H,3,5H2,1H3,(H4,15,16,17,18,19). The number of allylic oxidation sites excluding steroid dienone is 1. The van der Waals surface area contributed by atoms with Gasteiger partial charge in [-0.2, -0.15) is 4.99 Å². The predicted octanol–water partition coefficient (Wildman–Crippen LogP) is 1.80. The third kappa shape index (κ3) is 2.14. The van der Waals surface area contributed by atoms with Crippen LogP contribution < -0.4 is 11.5 Å². The van der Waals surface area contributed by atoms with Gasteiger partial charge in [0, 0.05) is 5.39 Å². The highest BCUT2D eigenvalue weighted by atomic mass is 15.1. The molecule has 0 spiro atoms. The maximum atomic E-state index is 5.37. The van der Waals surface area contributed by atoms with E-state index in [0.717, 1.165) is 29.4 Å². The fourth-order valence-electron chi connectivity index (χ4n) is 2.36. The Morgan fingerprint density at radius 2 is 2.11 bits per heavy atom. The Labute approximate surface area is 111 Å². The molecule has 1 aromatic heterocycles. The smallest absolute Gasteiger partial charge is 0.253 e. The summed E-state index contributed by atoms with van der Waals surface area (Å²) in [7, 11) is 0. The van der Waals surface area contributed by atoms with E-state index in [9.17, 15) is 0 Å². The van der Waals surface area contributed by atoms with E-state index in [0.29, 0.717) is 5.95 Å². The number of nitrogens with zero attached hydrogens (tertiary/aromatic N) is 3. The van der Waals surface area contributed by atoms with Crippen LogP contribution in [0.3, 0.4) is 0 Å². The Morgan fingerprint density at radius 3 is 2.89 bits per heavy atom. The van der Waals surface area contributed by atoms with Crippen LogP contribution in [0, 0.1) is 6.92 Å². The first-order valence-corrected chi connectivity index (χ1v) is 6.21. The van der Waals surface area contributed by atoms with Gasteiger partial charge in [0.25, 0.3) is 5.95 Å². The molecule has 0 amide bonds. The summed E-state index contributed by atoms with van der Waals surface area (Å²) >= 11 is 0. The Balaban J connectivity index is 2.25. The number of fused-ring (bicyclic) bond motifs is 2. The van der Waals surface area contributed by atoms with Gasteiger partial charge >= 0.3 is 0 Å². The van der Waals surface area contributed by atoms with Crippen LogP contribution in [-0.2, 0) is 6.42 Å². The van der Waals surface area contributed by atoms with Crippen molar-refractivity contribution < 1.29 is 0 Å². The van der Waals surface area contributed by atoms with Gasteiger partial charge in [-0.15, -0.1) is 0 Å². The highest BCUT2D eigenvalue weighted by Crippen LogP contribution is 2.27. The molecular weight excluding hydrogens is 238 g/mol. The van der Waals surface area contributed by atoms with Gasteiger partial charge in [-0.3, -0.25) is 0 Å². The largest absolute Gasteiger partial charge is 0.370 e. The first kappa shape index (κ1) is 11.6. The van der Waals surface area contributed by atoms with Crippen molar-refractivity contribution in [1.82, 2.24) is 9.97 Å². The van der Waals surface area contributed by atoms with Crippen LogP contribution in [0.1, 0.15) is 23.2 Å². The van der Waals surface area contributed by atoms with Crippen molar-refractivity contribution in [2.24, 2.45) is 16.5 Å². The molecule has 0 unspecified atom stereocenters. The molecular formula is C14H15N5. The Kier molecular flexibility index (Phi) is 2.67. The molecule has 0 radical (unpaired) electrons. The summed E-state index contributed by atoms with van der Waals surface area (Å²) in [5, 5.41) is 1.04. The summed E-state index contributed by atoms with van der Waals surface area (Å²) in [6, 6.07) is 4.24. The van der Waals surface area contributed by atoms with E-state index in [1.54, 1.807) is 0 Å². The molecule has 2 aromatic rings. The highest BCUT2D eigenvalue weighted by molar-refractivity contribution is 5.86. The van der Waals surface area contributed by atoms with Gasteiger partial charge in [-0.1, -0.05) is 12.2 Å². The third-order valence-electron chi connectivity index (χ3n) is 3.24. The van der Waals surface area contributed by atoms with Crippen LogP contribution in [-0.4, -0.2) is 15.9 Å². The normalized spacial score (nSPS) is 13.3. The molecule has 0 saturated heterocycles. The number of aliphatic imine (C=N–C) groups is 1. The molecule has 1 heterocycles. The summed E-state index contributed by atoms with van der Waals surface area (Å²) in [6.07, 6.45) is 6.46. The van der Waals surface area contributed by atoms with Crippen molar-refractivity contribution in [2.75, 3.05) is 0 Å². The van der Waals surface area contributed by atoms with E-state index in [1.165, 1.54) is 11.1 Å². The van der Waals surface area contributed by atoms with Gasteiger partial charge in [0.1, 0.15) is 0 Å². The molecule has 0 atom stereocenters. The lowest BCUT2D eigenvalue weighted by atomic mass is 9.95. The van der Waals surface area contributed by atoms with E-state index in [2.05, 4.69) is 39.2 Å². The van der Waals surface area contributed by atoms with E-state index in [4.69, 9.17) is 11.5 Å². The van der Waals surface area contributed by atoms with Crippen molar-refractivity contribution in [1.29, 1.82) is 0 Å². The van der Waals surface area contributed by atoms with Crippen LogP contribution in [0.4, 0.5) is 5.95 Å². The molecule has 1 aliphatic rings. The lowest BCUT2D eigenvalue weighted by Gasteiger charge is -2.12. The minimum absolute atomic E-state index is 0.0281. The summed E-state index contributed by atoms with van der Waals surface area (Å²) < 4.78 is 0. The molecule has 5 nitrogen and oxygen atoms in total. The van der Waals surface area contributed by atoms with Gasteiger partial charge in [0.2, 0.25) is 0 Å². The van der Waals surface area contributed by atoms with Crippen LogP contribution >= 0.6 is 0 Å². The summed E-state index contributed by atoms with van der Waals surface area (Å²) in [5.41, 5.74) is 15.1. The van der Waals surface area contributed by atoms with Gasteiger partial charge in [-0.25, -0.2) is 9.97 Å². The quantitative estimate of drug-likeness (QED) is 0.599. The van der Waals surface area contributed by atoms with Crippen molar-refractivity contribution in [3.8, 4) is 0 Å². The fourth-order valence-corrected chi connectivity index (χ4v) is 2.36. The molecule has 0 fully saturated rings. The summed E-state index contributed by atoms with van der Waals surface area (Å²) in [5.74, 6) is 0.288. The molecule has 0 saturated carbocycles. The molecule has 1 aromatic carbocycles. The van der Waals surface area contributed by atoms with Gasteiger partial charge in [0.05, 0.1) is 11.2 Å². The maximum Gasteiger partial charge on any atom is 0.253 e. The van der Waals surface area contributed by atoms with Gasteiger partial charge < -0.3 is 11.5 Å². The second-order valence-corrected chi connectivity index (χ2v) is 4.65. The SMILES string of the molecule is Cc1nc(N=C(N)N)nc2cc3c(cc12)C=CCC3. The van der Waals surface area contributed by atoms with Gasteiger partial charge in [-0.05, 0) is 43.0 Å². The molecule has 19 heavy (non-hydrogen) atoms. The molecule has 96 valence electrons. The minimum Gasteiger partial charge on any atom is -0.370 e. The molecule has 0 bridgehead atoms. The van der Waals surface area contributed by atoms with Crippen molar-refractivity contribution in [3.63, 3.8) is 0 Å². The fraction of sp³-hybridized carbons (Fsp3) is 0.214. The Hall–Kier alpha value is -2.43. The van der Waals surface area contributed by atoms with Gasteiger partial charge in [0.15, 0.2) is 5.96 Å². The number of hydrogen-bond acceptors (Lipinski definition) is 3. The average molecular weight is 253 g/mol. The Morgan fingerprint density at radius 1 is 1.26 bits per heavy atom. The molecule has 1 aliphatic carbocycles. The van der Waals surface area contributed by atoms with Crippen LogP contribution in [0.15, 0.2) is 23.2 Å². The Bertz CT molecular complexity index is 711. The van der Waals surface area contributed by atoms with Crippen molar-refractivity contribution in [3.05, 3.63) is 35.0 Å². The molecule has 4 N–H and O–H groups in total. The van der Waals surface area contributed by atoms with E-state index in [1.807, 2.05) is 6.92 Å². The first-order valence-electron chi connectivity index (χ1n) is 6.21. The number of hydrogen-bond donors (Lipinski definition) is 2. The minimum atomic E-state index is -0.0281. The molecule has 3 rings (SSSR count). The summed E-state index contributed by atoms with van der Waals surface area (Å²) in [4.78, 5) is 12.6. The zero-order valence-electron chi connectivity index (χ0n) is 10.7. The lowest BCUT2D eigenvalue weighted by Crippen LogP contribution is -2.22. The monoisotopic (exact) mass is 253 g/mol. The second kappa shape index (κ2) is 4.35. The van der Waals surface area contributed by atoms with Crippen LogP contribution in [0.2, 0.25) is 0 Å². The molecule has 5 heteroatoms. The topological polar surface area (TPSA) is 90.2 Å². The van der Waals surface area contributed by atoms with E-state index < -0.39 is 0 Å². The van der Waals surface area contributed by atoms with Crippen LogP contribution in [0.5, 0.6) is 0 Å². The summed E-state index contributed by atoms with van der Waals surface area (Å²) in [6.45, 7) is 1.94. The number of benzene rings is 1. The third-order valence-corrected chi connectivity index (χ3v) is 3.24. The molecule has 0 aliphatic heterocycles. The maximum absolute atomic E-state index is 5.37. The van der Waals surface area contributed by atoms with Crippen molar-refractivity contribution in [2.45, 2.75) is 19.8 Å². The van der Waals surface area contributed by atoms with Crippen molar-refractivity contribution >= 4 is 28.9 Å². The zero-order chi connectivity index (χ0) is 13.4. The number of aryl methyl sites for hydroxylation is 2. The number of guanidine groups is 1. The predicted molar refractivity (Wildman–Crippen MR) is 77.1 cm³/mol. The lowest BCUT2D eigenvalue weighted by molar-refractivity contribution is 0.986. The number of rotatable bonds is 1.